The SMILES string of the molecule is C(=N\Nc1ccc(-c2cnco2)cc1)/c1cncs1. The predicted octanol–water partition coefficient (Wildman–Crippen LogP) is 3.24. The minimum atomic E-state index is 0.750. The maximum Gasteiger partial charge on any atom is 0.181 e. The number of nitrogens with zero attached hydrogens (tertiary/aromatic N) is 3. The molecule has 0 bridgehead atoms. The fourth-order valence-corrected chi connectivity index (χ4v) is 2.01. The lowest BCUT2D eigenvalue weighted by Gasteiger charge is -2.00. The van der Waals surface area contributed by atoms with E-state index >= 15 is 0 Å². The second-order valence-electron chi connectivity index (χ2n) is 3.72. The van der Waals surface area contributed by atoms with Crippen molar-refractivity contribution in [3.05, 3.63) is 53.4 Å². The summed E-state index contributed by atoms with van der Waals surface area (Å²) in [7, 11) is 0. The molecule has 0 amide bonds. The van der Waals surface area contributed by atoms with E-state index in [1.54, 1.807) is 24.1 Å². The molecular weight excluding hydrogens is 260 g/mol. The van der Waals surface area contributed by atoms with Gasteiger partial charge >= 0.3 is 0 Å². The molecule has 3 aromatic rings. The maximum atomic E-state index is 5.22. The number of hydrogen-bond donors (Lipinski definition) is 1. The minimum Gasteiger partial charge on any atom is -0.444 e. The van der Waals surface area contributed by atoms with Gasteiger partial charge < -0.3 is 4.42 Å². The second-order valence-corrected chi connectivity index (χ2v) is 4.63. The number of hydrazone groups is 1. The molecule has 1 aromatic carbocycles. The first-order chi connectivity index (χ1) is 9.42. The highest BCUT2D eigenvalue weighted by atomic mass is 32.1. The van der Waals surface area contributed by atoms with Crippen LogP contribution in [0.25, 0.3) is 11.3 Å². The quantitative estimate of drug-likeness (QED) is 0.584. The number of anilines is 1. The molecule has 0 unspecified atom stereocenters. The van der Waals surface area contributed by atoms with Gasteiger partial charge in [0.05, 0.1) is 28.5 Å². The van der Waals surface area contributed by atoms with Crippen LogP contribution in [0.4, 0.5) is 5.69 Å². The lowest BCUT2D eigenvalue weighted by molar-refractivity contribution is 0.572. The molecule has 5 nitrogen and oxygen atoms in total. The first-order valence-electron chi connectivity index (χ1n) is 5.58. The number of oxazole rings is 1. The highest BCUT2D eigenvalue weighted by Crippen LogP contribution is 2.20. The molecule has 0 saturated heterocycles. The van der Waals surface area contributed by atoms with Crippen LogP contribution in [0.3, 0.4) is 0 Å². The van der Waals surface area contributed by atoms with Crippen LogP contribution in [0.1, 0.15) is 4.88 Å². The molecular formula is C13H10N4OS. The zero-order chi connectivity index (χ0) is 12.9. The van der Waals surface area contributed by atoms with Crippen LogP contribution >= 0.6 is 11.3 Å². The molecule has 0 spiro atoms. The smallest absolute Gasteiger partial charge is 0.181 e. The zero-order valence-electron chi connectivity index (χ0n) is 9.85. The lowest BCUT2D eigenvalue weighted by Crippen LogP contribution is -1.89. The van der Waals surface area contributed by atoms with Gasteiger partial charge in [0.2, 0.25) is 0 Å². The van der Waals surface area contributed by atoms with Gasteiger partial charge in [-0.15, -0.1) is 11.3 Å². The summed E-state index contributed by atoms with van der Waals surface area (Å²) >= 11 is 1.54. The average Bonchev–Trinajstić information content (AvgIpc) is 3.13. The van der Waals surface area contributed by atoms with E-state index in [9.17, 15) is 0 Å². The number of hydrogen-bond acceptors (Lipinski definition) is 6. The Bertz CT molecular complexity index is 645. The standard InChI is InChI=1S/C13H10N4OS/c1-3-11(17-16-6-12-5-15-9-19-12)4-2-10(1)13-7-14-8-18-13/h1-9,17H/b16-6+. The van der Waals surface area contributed by atoms with E-state index in [1.807, 2.05) is 24.3 Å². The molecule has 0 fully saturated rings. The Kier molecular flexibility index (Phi) is 3.33. The highest BCUT2D eigenvalue weighted by molar-refractivity contribution is 7.11. The molecule has 6 heteroatoms. The van der Waals surface area contributed by atoms with Crippen LogP contribution in [0, 0.1) is 0 Å². The number of benzene rings is 1. The van der Waals surface area contributed by atoms with Crippen LogP contribution in [0.2, 0.25) is 0 Å². The van der Waals surface area contributed by atoms with Gasteiger partial charge in [0, 0.05) is 11.8 Å². The van der Waals surface area contributed by atoms with E-state index in [-0.39, 0.29) is 0 Å². The van der Waals surface area contributed by atoms with Crippen molar-refractivity contribution in [2.45, 2.75) is 0 Å². The summed E-state index contributed by atoms with van der Waals surface area (Å²) in [6, 6.07) is 7.76. The monoisotopic (exact) mass is 270 g/mol. The third-order valence-corrected chi connectivity index (χ3v) is 3.15. The van der Waals surface area contributed by atoms with Crippen molar-refractivity contribution in [1.82, 2.24) is 9.97 Å². The van der Waals surface area contributed by atoms with Gasteiger partial charge in [0.1, 0.15) is 0 Å². The summed E-state index contributed by atoms with van der Waals surface area (Å²) in [4.78, 5) is 8.86. The molecule has 0 atom stereocenters. The molecule has 19 heavy (non-hydrogen) atoms. The van der Waals surface area contributed by atoms with Crippen molar-refractivity contribution in [3.63, 3.8) is 0 Å². The molecule has 0 aliphatic carbocycles. The van der Waals surface area contributed by atoms with Crippen LogP contribution in [-0.4, -0.2) is 16.2 Å². The van der Waals surface area contributed by atoms with E-state index in [0.29, 0.717) is 0 Å². The second kappa shape index (κ2) is 5.45. The molecule has 94 valence electrons. The zero-order valence-corrected chi connectivity index (χ0v) is 10.7. The molecule has 2 heterocycles. The van der Waals surface area contributed by atoms with E-state index in [2.05, 4.69) is 20.5 Å². The molecule has 0 aliphatic rings. The third-order valence-electron chi connectivity index (χ3n) is 2.44. The van der Waals surface area contributed by atoms with Gasteiger partial charge in [-0.2, -0.15) is 5.10 Å². The summed E-state index contributed by atoms with van der Waals surface area (Å²) < 4.78 is 5.22. The minimum absolute atomic E-state index is 0.750. The van der Waals surface area contributed by atoms with Crippen molar-refractivity contribution in [1.29, 1.82) is 0 Å². The van der Waals surface area contributed by atoms with Crippen molar-refractivity contribution in [3.8, 4) is 11.3 Å². The molecule has 1 N–H and O–H groups in total. The third kappa shape index (κ3) is 2.86. The van der Waals surface area contributed by atoms with Gasteiger partial charge in [-0.05, 0) is 24.3 Å². The van der Waals surface area contributed by atoms with Crippen molar-refractivity contribution >= 4 is 23.2 Å². The van der Waals surface area contributed by atoms with E-state index in [4.69, 9.17) is 4.42 Å². The number of nitrogens with one attached hydrogen (secondary N) is 1. The number of thiazole rings is 1. The van der Waals surface area contributed by atoms with Gasteiger partial charge in [0.25, 0.3) is 0 Å². The van der Waals surface area contributed by atoms with Gasteiger partial charge in [-0.1, -0.05) is 0 Å². The fourth-order valence-electron chi connectivity index (χ4n) is 1.53. The first-order valence-corrected chi connectivity index (χ1v) is 6.46. The number of aromatic nitrogens is 2. The van der Waals surface area contributed by atoms with Crippen molar-refractivity contribution < 1.29 is 4.42 Å². The largest absolute Gasteiger partial charge is 0.444 e. The van der Waals surface area contributed by atoms with Crippen molar-refractivity contribution in [2.24, 2.45) is 5.10 Å². The van der Waals surface area contributed by atoms with Crippen LogP contribution < -0.4 is 5.43 Å². The maximum absolute atomic E-state index is 5.22. The Labute approximate surface area is 113 Å². The normalized spacial score (nSPS) is 10.9. The summed E-state index contributed by atoms with van der Waals surface area (Å²) in [5.74, 6) is 0.750. The fraction of sp³-hybridized carbons (Fsp3) is 0. The van der Waals surface area contributed by atoms with Gasteiger partial charge in [0.15, 0.2) is 12.2 Å². The Hall–Kier alpha value is -2.47. The van der Waals surface area contributed by atoms with Crippen LogP contribution in [-0.2, 0) is 0 Å². The first kappa shape index (κ1) is 11.6. The summed E-state index contributed by atoms with van der Waals surface area (Å²) in [5, 5.41) is 4.14. The Morgan fingerprint density at radius 3 is 2.74 bits per heavy atom. The Balaban J connectivity index is 1.66. The molecule has 0 aliphatic heterocycles. The Morgan fingerprint density at radius 1 is 1.16 bits per heavy atom. The van der Waals surface area contributed by atoms with Crippen LogP contribution in [0.15, 0.2) is 58.1 Å². The summed E-state index contributed by atoms with van der Waals surface area (Å²) in [6.07, 6.45) is 6.61. The highest BCUT2D eigenvalue weighted by Gasteiger charge is 2.00. The number of rotatable bonds is 4. The summed E-state index contributed by atoms with van der Waals surface area (Å²) in [6.45, 7) is 0. The molecule has 2 aromatic heterocycles. The topological polar surface area (TPSA) is 63.3 Å². The lowest BCUT2D eigenvalue weighted by atomic mass is 10.2. The average molecular weight is 270 g/mol. The van der Waals surface area contributed by atoms with Crippen LogP contribution in [0.5, 0.6) is 0 Å². The van der Waals surface area contributed by atoms with E-state index < -0.39 is 0 Å². The summed E-state index contributed by atoms with van der Waals surface area (Å²) in [5.41, 5.74) is 6.62. The van der Waals surface area contributed by atoms with E-state index in [1.165, 1.54) is 17.7 Å². The predicted molar refractivity (Wildman–Crippen MR) is 75.3 cm³/mol. The van der Waals surface area contributed by atoms with Gasteiger partial charge in [-0.25, -0.2) is 4.98 Å². The van der Waals surface area contributed by atoms with Crippen molar-refractivity contribution in [2.75, 3.05) is 5.43 Å². The molecule has 0 radical (unpaired) electrons. The molecule has 0 saturated carbocycles. The van der Waals surface area contributed by atoms with Gasteiger partial charge in [-0.3, -0.25) is 10.4 Å². The Morgan fingerprint density at radius 2 is 2.05 bits per heavy atom. The van der Waals surface area contributed by atoms with E-state index in [0.717, 1.165) is 21.9 Å². The molecule has 3 rings (SSSR count).